The normalized spacial score (nSPS) is 10.7. The summed E-state index contributed by atoms with van der Waals surface area (Å²) in [5, 5.41) is 19.3. The molecule has 0 aliphatic rings. The Kier molecular flexibility index (Phi) is 5.34. The highest BCUT2D eigenvalue weighted by atomic mass is 32.2. The molecule has 130 valence electrons. The van der Waals surface area contributed by atoms with Gasteiger partial charge in [0, 0.05) is 12.7 Å². The number of carbonyl (C=O) groups excluding carboxylic acids is 1. The Labute approximate surface area is 153 Å². The van der Waals surface area contributed by atoms with Gasteiger partial charge in [-0.05, 0) is 26.0 Å². The molecule has 0 saturated carbocycles. The first-order valence-corrected chi connectivity index (χ1v) is 9.41. The number of aromatic nitrogens is 4. The lowest BCUT2D eigenvalue weighted by molar-refractivity contribution is -0.113. The molecule has 1 amide bonds. The number of benzene rings is 1. The predicted octanol–water partition coefficient (Wildman–Crippen LogP) is 3.36. The number of hydrogen-bond acceptors (Lipinski definition) is 7. The van der Waals surface area contributed by atoms with Crippen molar-refractivity contribution in [2.75, 3.05) is 16.4 Å². The van der Waals surface area contributed by atoms with Crippen molar-refractivity contribution in [2.24, 2.45) is 7.05 Å². The lowest BCUT2D eigenvalue weighted by atomic mass is 10.3. The maximum absolute atomic E-state index is 12.2. The van der Waals surface area contributed by atoms with Crippen molar-refractivity contribution >= 4 is 45.5 Å². The van der Waals surface area contributed by atoms with Crippen LogP contribution in [0.25, 0.3) is 0 Å². The summed E-state index contributed by atoms with van der Waals surface area (Å²) in [6.07, 6.45) is 0. The average molecular weight is 374 g/mol. The summed E-state index contributed by atoms with van der Waals surface area (Å²) in [6.45, 7) is 3.80. The molecule has 2 aromatic heterocycles. The number of rotatable bonds is 6. The van der Waals surface area contributed by atoms with Crippen LogP contribution in [0.15, 0.2) is 34.7 Å². The van der Waals surface area contributed by atoms with Gasteiger partial charge in [0.2, 0.25) is 11.0 Å². The van der Waals surface area contributed by atoms with Gasteiger partial charge in [-0.25, -0.2) is 0 Å². The summed E-state index contributed by atoms with van der Waals surface area (Å²) in [7, 11) is 1.86. The van der Waals surface area contributed by atoms with E-state index in [1.165, 1.54) is 23.1 Å². The van der Waals surface area contributed by atoms with Crippen LogP contribution in [0.1, 0.15) is 11.4 Å². The van der Waals surface area contributed by atoms with Crippen LogP contribution < -0.4 is 10.6 Å². The van der Waals surface area contributed by atoms with Gasteiger partial charge >= 0.3 is 0 Å². The number of amides is 1. The average Bonchev–Trinajstić information content (AvgIpc) is 3.14. The third-order valence-electron chi connectivity index (χ3n) is 3.53. The molecule has 0 bridgehead atoms. The number of hydrogen-bond donors (Lipinski definition) is 2. The van der Waals surface area contributed by atoms with Gasteiger partial charge in [0.1, 0.15) is 0 Å². The standard InChI is InChI=1S/C16H18N6OS2/c1-10-14(11(2)22(3)21-10)18-13(23)9-24-16-20-19-15(25-16)17-12-7-5-4-6-8-12/h4-8H,9H2,1-3H3,(H,17,19)(H,18,23). The lowest BCUT2D eigenvalue weighted by Gasteiger charge is -2.04. The van der Waals surface area contributed by atoms with Crippen molar-refractivity contribution in [1.29, 1.82) is 0 Å². The predicted molar refractivity (Wildman–Crippen MR) is 102 cm³/mol. The van der Waals surface area contributed by atoms with Crippen molar-refractivity contribution in [3.05, 3.63) is 41.7 Å². The number of anilines is 3. The van der Waals surface area contributed by atoms with E-state index in [9.17, 15) is 4.79 Å². The molecule has 0 aliphatic heterocycles. The van der Waals surface area contributed by atoms with Gasteiger partial charge < -0.3 is 10.6 Å². The highest BCUT2D eigenvalue weighted by molar-refractivity contribution is 8.01. The van der Waals surface area contributed by atoms with Crippen molar-refractivity contribution in [3.8, 4) is 0 Å². The molecule has 0 radical (unpaired) electrons. The maximum atomic E-state index is 12.2. The van der Waals surface area contributed by atoms with E-state index in [2.05, 4.69) is 25.9 Å². The Bertz CT molecular complexity index is 874. The van der Waals surface area contributed by atoms with Crippen LogP contribution in [0.2, 0.25) is 0 Å². The third-order valence-corrected chi connectivity index (χ3v) is 5.50. The summed E-state index contributed by atoms with van der Waals surface area (Å²) < 4.78 is 2.50. The van der Waals surface area contributed by atoms with Crippen LogP contribution in [0.5, 0.6) is 0 Å². The molecule has 1 aromatic carbocycles. The smallest absolute Gasteiger partial charge is 0.234 e. The number of carbonyl (C=O) groups is 1. The first-order valence-electron chi connectivity index (χ1n) is 7.61. The molecule has 0 aliphatic carbocycles. The van der Waals surface area contributed by atoms with Gasteiger partial charge in [0.25, 0.3) is 0 Å². The number of nitrogens with zero attached hydrogens (tertiary/aromatic N) is 4. The molecule has 0 spiro atoms. The first kappa shape index (κ1) is 17.4. The van der Waals surface area contributed by atoms with E-state index < -0.39 is 0 Å². The Balaban J connectivity index is 1.54. The van der Waals surface area contributed by atoms with E-state index in [1.54, 1.807) is 4.68 Å². The van der Waals surface area contributed by atoms with E-state index in [0.717, 1.165) is 27.1 Å². The summed E-state index contributed by atoms with van der Waals surface area (Å²) >= 11 is 2.78. The molecule has 0 fully saturated rings. The SMILES string of the molecule is Cc1nn(C)c(C)c1NC(=O)CSc1nnc(Nc2ccccc2)s1. The molecule has 3 aromatic rings. The molecule has 7 nitrogen and oxygen atoms in total. The van der Waals surface area contributed by atoms with Crippen molar-refractivity contribution in [1.82, 2.24) is 20.0 Å². The van der Waals surface area contributed by atoms with Crippen molar-refractivity contribution in [3.63, 3.8) is 0 Å². The summed E-state index contributed by atoms with van der Waals surface area (Å²) in [5.41, 5.74) is 3.47. The number of aryl methyl sites for hydroxylation is 2. The van der Waals surface area contributed by atoms with E-state index in [-0.39, 0.29) is 11.7 Å². The minimum Gasteiger partial charge on any atom is -0.330 e. The number of para-hydroxylation sites is 1. The zero-order valence-corrected chi connectivity index (χ0v) is 15.7. The fourth-order valence-electron chi connectivity index (χ4n) is 2.22. The molecule has 25 heavy (non-hydrogen) atoms. The highest BCUT2D eigenvalue weighted by Crippen LogP contribution is 2.28. The van der Waals surface area contributed by atoms with Crippen LogP contribution in [0.3, 0.4) is 0 Å². The van der Waals surface area contributed by atoms with Crippen molar-refractivity contribution in [2.45, 2.75) is 18.2 Å². The van der Waals surface area contributed by atoms with Crippen molar-refractivity contribution < 1.29 is 4.79 Å². The Morgan fingerprint density at radius 3 is 2.68 bits per heavy atom. The quantitative estimate of drug-likeness (QED) is 0.644. The van der Waals surface area contributed by atoms with Gasteiger partial charge in [-0.2, -0.15) is 5.10 Å². The fourth-order valence-corrected chi connectivity index (χ4v) is 3.79. The molecule has 3 rings (SSSR count). The Morgan fingerprint density at radius 2 is 2.00 bits per heavy atom. The van der Waals surface area contributed by atoms with E-state index in [1.807, 2.05) is 51.2 Å². The summed E-state index contributed by atoms with van der Waals surface area (Å²) in [4.78, 5) is 12.2. The summed E-state index contributed by atoms with van der Waals surface area (Å²) in [6, 6.07) is 9.77. The van der Waals surface area contributed by atoms with Gasteiger partial charge in [-0.15, -0.1) is 10.2 Å². The van der Waals surface area contributed by atoms with Crippen LogP contribution in [-0.4, -0.2) is 31.6 Å². The molecular weight excluding hydrogens is 356 g/mol. The maximum Gasteiger partial charge on any atom is 0.234 e. The molecule has 2 heterocycles. The topological polar surface area (TPSA) is 84.7 Å². The molecule has 0 saturated heterocycles. The van der Waals surface area contributed by atoms with E-state index in [0.29, 0.717) is 5.13 Å². The summed E-state index contributed by atoms with van der Waals surface area (Å²) in [5.74, 6) is 0.185. The van der Waals surface area contributed by atoms with Gasteiger partial charge in [0.15, 0.2) is 4.34 Å². The van der Waals surface area contributed by atoms with Gasteiger partial charge in [-0.3, -0.25) is 9.48 Å². The highest BCUT2D eigenvalue weighted by Gasteiger charge is 2.14. The largest absolute Gasteiger partial charge is 0.330 e. The second-order valence-corrected chi connectivity index (χ2v) is 7.57. The van der Waals surface area contributed by atoms with E-state index >= 15 is 0 Å². The monoisotopic (exact) mass is 374 g/mol. The van der Waals surface area contributed by atoms with Crippen LogP contribution in [0.4, 0.5) is 16.5 Å². The Hall–Kier alpha value is -2.39. The van der Waals surface area contributed by atoms with Gasteiger partial charge in [0.05, 0.1) is 22.8 Å². The lowest BCUT2D eigenvalue weighted by Crippen LogP contribution is -2.15. The fraction of sp³-hybridized carbons (Fsp3) is 0.250. The number of thioether (sulfide) groups is 1. The second-order valence-electron chi connectivity index (χ2n) is 5.37. The zero-order chi connectivity index (χ0) is 17.8. The second kappa shape index (κ2) is 7.66. The Morgan fingerprint density at radius 1 is 1.24 bits per heavy atom. The minimum absolute atomic E-state index is 0.0861. The van der Waals surface area contributed by atoms with Gasteiger partial charge in [-0.1, -0.05) is 41.3 Å². The van der Waals surface area contributed by atoms with Crippen LogP contribution >= 0.6 is 23.1 Å². The first-order chi connectivity index (χ1) is 12.0. The third kappa shape index (κ3) is 4.37. The molecule has 9 heteroatoms. The molecular formula is C16H18N6OS2. The molecule has 2 N–H and O–H groups in total. The zero-order valence-electron chi connectivity index (χ0n) is 14.1. The van der Waals surface area contributed by atoms with E-state index in [4.69, 9.17) is 0 Å². The van der Waals surface area contributed by atoms with Crippen LogP contribution in [-0.2, 0) is 11.8 Å². The van der Waals surface area contributed by atoms with Crippen LogP contribution in [0, 0.1) is 13.8 Å². The molecule has 0 atom stereocenters. The molecule has 0 unspecified atom stereocenters. The minimum atomic E-state index is -0.0861. The number of nitrogens with one attached hydrogen (secondary N) is 2.